The van der Waals surface area contributed by atoms with Crippen molar-refractivity contribution in [2.75, 3.05) is 7.05 Å². The van der Waals surface area contributed by atoms with E-state index >= 15 is 0 Å². The van der Waals surface area contributed by atoms with E-state index in [0.717, 1.165) is 16.3 Å². The van der Waals surface area contributed by atoms with Crippen molar-refractivity contribution in [3.8, 4) is 17.6 Å². The molecule has 2 aromatic rings. The molecule has 0 heterocycles. The lowest BCUT2D eigenvalue weighted by molar-refractivity contribution is 0.203. The van der Waals surface area contributed by atoms with Gasteiger partial charge in [-0.2, -0.15) is 0 Å². The Hall–Kier alpha value is -2.54. The summed E-state index contributed by atoms with van der Waals surface area (Å²) >= 11 is 0. The van der Waals surface area contributed by atoms with Crippen LogP contribution in [0.4, 0.5) is 9.18 Å². The van der Waals surface area contributed by atoms with E-state index in [-0.39, 0.29) is 11.7 Å². The number of amides is 1. The molecule has 2 aromatic carbocycles. The average Bonchev–Trinajstić information content (AvgIpc) is 2.49. The number of fused-ring (bicyclic) bond motifs is 1. The number of carbonyl (C=O) groups excluding carboxylic acids is 1. The summed E-state index contributed by atoms with van der Waals surface area (Å²) in [6.45, 7) is 5.69. The Balaban J connectivity index is 2.76. The third kappa shape index (κ3) is 3.04. The molecule has 0 spiro atoms. The molecule has 0 aliphatic heterocycles. The van der Waals surface area contributed by atoms with Crippen molar-refractivity contribution in [2.45, 2.75) is 26.7 Å². The molecule has 114 valence electrons. The summed E-state index contributed by atoms with van der Waals surface area (Å²) in [5, 5.41) is 3.97. The van der Waals surface area contributed by atoms with Crippen LogP contribution in [0, 0.1) is 17.7 Å². The second-order valence-electron chi connectivity index (χ2n) is 5.20. The topological polar surface area (TPSA) is 38.3 Å². The van der Waals surface area contributed by atoms with Gasteiger partial charge in [-0.05, 0) is 42.0 Å². The first-order valence-electron chi connectivity index (χ1n) is 7.06. The van der Waals surface area contributed by atoms with Crippen molar-refractivity contribution in [3.05, 3.63) is 41.2 Å². The number of ether oxygens (including phenoxy) is 1. The minimum Gasteiger partial charge on any atom is -0.410 e. The Kier molecular flexibility index (Phi) is 4.67. The standard InChI is InChI=1S/C18H18FNO2/c1-5-6-14-16(19)8-7-12-9-13(22-18(21)20-4)10-15(11(2)3)17(12)14/h7-11H,1-4H3,(H,20,21). The van der Waals surface area contributed by atoms with Gasteiger partial charge in [0.2, 0.25) is 0 Å². The van der Waals surface area contributed by atoms with Gasteiger partial charge >= 0.3 is 6.09 Å². The van der Waals surface area contributed by atoms with Gasteiger partial charge in [0, 0.05) is 12.4 Å². The zero-order valence-electron chi connectivity index (χ0n) is 13.1. The minimum atomic E-state index is -0.537. The maximum absolute atomic E-state index is 14.1. The molecule has 0 aliphatic carbocycles. The fraction of sp³-hybridized carbons (Fsp3) is 0.278. The van der Waals surface area contributed by atoms with Crippen LogP contribution in [-0.4, -0.2) is 13.1 Å². The fourth-order valence-corrected chi connectivity index (χ4v) is 2.36. The molecule has 0 saturated heterocycles. The van der Waals surface area contributed by atoms with Gasteiger partial charge < -0.3 is 10.1 Å². The van der Waals surface area contributed by atoms with Gasteiger partial charge in [-0.1, -0.05) is 25.8 Å². The quantitative estimate of drug-likeness (QED) is 0.844. The molecule has 0 aromatic heterocycles. The Morgan fingerprint density at radius 3 is 2.64 bits per heavy atom. The molecule has 0 bridgehead atoms. The third-order valence-electron chi connectivity index (χ3n) is 3.36. The fourth-order valence-electron chi connectivity index (χ4n) is 2.36. The van der Waals surface area contributed by atoms with Gasteiger partial charge in [0.15, 0.2) is 0 Å². The Morgan fingerprint density at radius 2 is 2.05 bits per heavy atom. The van der Waals surface area contributed by atoms with Crippen molar-refractivity contribution >= 4 is 16.9 Å². The van der Waals surface area contributed by atoms with E-state index < -0.39 is 6.09 Å². The van der Waals surface area contributed by atoms with Crippen LogP contribution in [0.15, 0.2) is 24.3 Å². The predicted octanol–water partition coefficient (Wildman–Crippen LogP) is 4.19. The van der Waals surface area contributed by atoms with Gasteiger partial charge in [0.05, 0.1) is 5.56 Å². The molecule has 0 atom stereocenters. The monoisotopic (exact) mass is 299 g/mol. The van der Waals surface area contributed by atoms with E-state index in [1.165, 1.54) is 13.1 Å². The number of rotatable bonds is 2. The van der Waals surface area contributed by atoms with Crippen molar-refractivity contribution in [1.29, 1.82) is 0 Å². The van der Waals surface area contributed by atoms with Crippen LogP contribution >= 0.6 is 0 Å². The van der Waals surface area contributed by atoms with Crippen LogP contribution in [-0.2, 0) is 0 Å². The van der Waals surface area contributed by atoms with Crippen LogP contribution in [0.25, 0.3) is 10.8 Å². The number of hydrogen-bond donors (Lipinski definition) is 1. The van der Waals surface area contributed by atoms with Crippen LogP contribution in [0.1, 0.15) is 37.8 Å². The second kappa shape index (κ2) is 6.48. The molecule has 4 heteroatoms. The highest BCUT2D eigenvalue weighted by molar-refractivity contribution is 5.93. The number of nitrogens with one attached hydrogen (secondary N) is 1. The molecule has 1 N–H and O–H groups in total. The van der Waals surface area contributed by atoms with Crippen LogP contribution < -0.4 is 10.1 Å². The maximum atomic E-state index is 14.1. The largest absolute Gasteiger partial charge is 0.412 e. The molecule has 22 heavy (non-hydrogen) atoms. The Labute approximate surface area is 129 Å². The lowest BCUT2D eigenvalue weighted by Crippen LogP contribution is -2.22. The van der Waals surface area contributed by atoms with Gasteiger partial charge in [-0.15, -0.1) is 5.92 Å². The highest BCUT2D eigenvalue weighted by Crippen LogP contribution is 2.33. The Bertz CT molecular complexity index is 785. The molecular weight excluding hydrogens is 281 g/mol. The zero-order chi connectivity index (χ0) is 16.3. The third-order valence-corrected chi connectivity index (χ3v) is 3.36. The molecule has 0 radical (unpaired) electrons. The first kappa shape index (κ1) is 15.8. The summed E-state index contributed by atoms with van der Waals surface area (Å²) in [5.74, 6) is 5.81. The van der Waals surface area contributed by atoms with Crippen molar-refractivity contribution < 1.29 is 13.9 Å². The molecule has 0 unspecified atom stereocenters. The van der Waals surface area contributed by atoms with E-state index in [1.807, 2.05) is 13.8 Å². The normalized spacial score (nSPS) is 10.3. The van der Waals surface area contributed by atoms with Gasteiger partial charge in [-0.25, -0.2) is 9.18 Å². The average molecular weight is 299 g/mol. The first-order chi connectivity index (χ1) is 10.5. The van der Waals surface area contributed by atoms with Crippen LogP contribution in [0.2, 0.25) is 0 Å². The molecule has 1 amide bonds. The summed E-state index contributed by atoms with van der Waals surface area (Å²) < 4.78 is 19.3. The molecule has 3 nitrogen and oxygen atoms in total. The highest BCUT2D eigenvalue weighted by atomic mass is 19.1. The van der Waals surface area contributed by atoms with Crippen LogP contribution in [0.3, 0.4) is 0 Å². The molecule has 2 rings (SSSR count). The van der Waals surface area contributed by atoms with Gasteiger partial charge in [0.25, 0.3) is 0 Å². The van der Waals surface area contributed by atoms with Crippen LogP contribution in [0.5, 0.6) is 5.75 Å². The van der Waals surface area contributed by atoms with Gasteiger partial charge in [0.1, 0.15) is 11.6 Å². The summed E-state index contributed by atoms with van der Waals surface area (Å²) in [6.07, 6.45) is -0.537. The van der Waals surface area contributed by atoms with Gasteiger partial charge in [-0.3, -0.25) is 0 Å². The van der Waals surface area contributed by atoms with E-state index in [9.17, 15) is 9.18 Å². The van der Waals surface area contributed by atoms with E-state index in [4.69, 9.17) is 4.74 Å². The number of carbonyl (C=O) groups is 1. The lowest BCUT2D eigenvalue weighted by Gasteiger charge is -2.15. The van der Waals surface area contributed by atoms with Crippen molar-refractivity contribution in [2.24, 2.45) is 0 Å². The molecular formula is C18H18FNO2. The zero-order valence-corrected chi connectivity index (χ0v) is 13.1. The van der Waals surface area contributed by atoms with E-state index in [1.54, 1.807) is 25.1 Å². The smallest absolute Gasteiger partial charge is 0.410 e. The number of hydrogen-bond acceptors (Lipinski definition) is 2. The van der Waals surface area contributed by atoms with E-state index in [2.05, 4.69) is 17.2 Å². The summed E-state index contributed by atoms with van der Waals surface area (Å²) in [7, 11) is 1.50. The SMILES string of the molecule is CC#Cc1c(F)ccc2cc(OC(=O)NC)cc(C(C)C)c12. The summed E-state index contributed by atoms with van der Waals surface area (Å²) in [5.41, 5.74) is 1.28. The maximum Gasteiger partial charge on any atom is 0.412 e. The predicted molar refractivity (Wildman–Crippen MR) is 85.6 cm³/mol. The first-order valence-corrected chi connectivity index (χ1v) is 7.06. The summed E-state index contributed by atoms with van der Waals surface area (Å²) in [6, 6.07) is 6.54. The Morgan fingerprint density at radius 1 is 1.32 bits per heavy atom. The molecule has 0 fully saturated rings. The minimum absolute atomic E-state index is 0.134. The van der Waals surface area contributed by atoms with E-state index in [0.29, 0.717) is 11.3 Å². The van der Waals surface area contributed by atoms with Crippen molar-refractivity contribution in [3.63, 3.8) is 0 Å². The summed E-state index contributed by atoms with van der Waals surface area (Å²) in [4.78, 5) is 11.4. The highest BCUT2D eigenvalue weighted by Gasteiger charge is 2.15. The molecule has 0 saturated carbocycles. The lowest BCUT2D eigenvalue weighted by atomic mass is 9.92. The number of benzene rings is 2. The molecule has 0 aliphatic rings. The number of halogens is 1. The van der Waals surface area contributed by atoms with Crippen molar-refractivity contribution in [1.82, 2.24) is 5.32 Å². The second-order valence-corrected chi connectivity index (χ2v) is 5.20.